The average molecular weight is 416 g/mol. The van der Waals surface area contributed by atoms with Crippen molar-refractivity contribution in [2.24, 2.45) is 13.0 Å². The fourth-order valence-electron chi connectivity index (χ4n) is 4.01. The zero-order valence-electron chi connectivity index (χ0n) is 17.9. The lowest BCUT2D eigenvalue weighted by molar-refractivity contribution is -0.132. The Labute approximate surface area is 176 Å². The lowest BCUT2D eigenvalue weighted by Crippen LogP contribution is -2.44. The van der Waals surface area contributed by atoms with Crippen molar-refractivity contribution >= 4 is 17.6 Å². The number of halogens is 1. The summed E-state index contributed by atoms with van der Waals surface area (Å²) in [5.41, 5.74) is 3.64. The molecule has 1 aromatic heterocycles. The molecule has 2 heterocycles. The second-order valence-electron chi connectivity index (χ2n) is 7.97. The number of nitrogens with one attached hydrogen (secondary N) is 2. The summed E-state index contributed by atoms with van der Waals surface area (Å²) >= 11 is 0. The van der Waals surface area contributed by atoms with Crippen LogP contribution in [-0.4, -0.2) is 46.3 Å². The van der Waals surface area contributed by atoms with Crippen LogP contribution in [0.3, 0.4) is 0 Å². The molecule has 0 saturated carbocycles. The number of benzene rings is 1. The molecule has 3 rings (SSSR count). The Hall–Kier alpha value is -2.90. The number of hydrogen-bond donors (Lipinski definition) is 2. The average Bonchev–Trinajstić information content (AvgIpc) is 2.96. The van der Waals surface area contributed by atoms with Crippen LogP contribution in [-0.2, 0) is 18.3 Å². The highest BCUT2D eigenvalue weighted by atomic mass is 19.1. The Balaban J connectivity index is 1.45. The van der Waals surface area contributed by atoms with E-state index < -0.39 is 5.82 Å². The first kappa shape index (κ1) is 21.8. The highest BCUT2D eigenvalue weighted by Gasteiger charge is 2.24. The maximum Gasteiger partial charge on any atom is 0.319 e. The van der Waals surface area contributed by atoms with E-state index in [9.17, 15) is 14.0 Å². The summed E-state index contributed by atoms with van der Waals surface area (Å²) < 4.78 is 15.1. The summed E-state index contributed by atoms with van der Waals surface area (Å²) in [6.45, 7) is 5.88. The number of nitrogens with zero attached hydrogens (tertiary/aromatic N) is 3. The number of rotatable bonds is 6. The Kier molecular flexibility index (Phi) is 7.07. The fraction of sp³-hybridized carbons (Fsp3) is 0.500. The third-order valence-corrected chi connectivity index (χ3v) is 5.75. The quantitative estimate of drug-likeness (QED) is 0.761. The van der Waals surface area contributed by atoms with Gasteiger partial charge in [0.15, 0.2) is 0 Å². The van der Waals surface area contributed by atoms with Crippen LogP contribution in [0.4, 0.5) is 14.9 Å². The number of hydrogen-bond acceptors (Lipinski definition) is 3. The monoisotopic (exact) mass is 415 g/mol. The maximum absolute atomic E-state index is 13.2. The molecule has 1 aromatic carbocycles. The van der Waals surface area contributed by atoms with E-state index >= 15 is 0 Å². The number of aryl methyl sites for hydroxylation is 2. The van der Waals surface area contributed by atoms with Gasteiger partial charge in [0.05, 0.1) is 5.69 Å². The zero-order chi connectivity index (χ0) is 21.7. The predicted molar refractivity (Wildman–Crippen MR) is 114 cm³/mol. The maximum atomic E-state index is 13.2. The van der Waals surface area contributed by atoms with Crippen molar-refractivity contribution in [2.75, 3.05) is 25.0 Å². The normalized spacial score (nSPS) is 16.4. The molecule has 0 aliphatic carbocycles. The van der Waals surface area contributed by atoms with Crippen molar-refractivity contribution in [3.63, 3.8) is 0 Å². The van der Waals surface area contributed by atoms with Gasteiger partial charge in [0.25, 0.3) is 0 Å². The number of anilines is 1. The number of carbonyl (C=O) groups excluding carboxylic acids is 2. The highest BCUT2D eigenvalue weighted by Crippen LogP contribution is 2.19. The molecule has 0 bridgehead atoms. The van der Waals surface area contributed by atoms with Crippen molar-refractivity contribution in [1.82, 2.24) is 20.0 Å². The topological polar surface area (TPSA) is 79.3 Å². The van der Waals surface area contributed by atoms with Crippen LogP contribution in [0.25, 0.3) is 0 Å². The molecular formula is C22H30FN5O2. The summed E-state index contributed by atoms with van der Waals surface area (Å²) in [5.74, 6) is -0.0414. The Morgan fingerprint density at radius 3 is 2.80 bits per heavy atom. The van der Waals surface area contributed by atoms with Crippen LogP contribution in [0.5, 0.6) is 0 Å². The van der Waals surface area contributed by atoms with E-state index in [0.29, 0.717) is 31.6 Å². The van der Waals surface area contributed by atoms with Crippen LogP contribution < -0.4 is 10.6 Å². The van der Waals surface area contributed by atoms with Crippen molar-refractivity contribution < 1.29 is 14.0 Å². The number of amides is 3. The van der Waals surface area contributed by atoms with Gasteiger partial charge >= 0.3 is 6.03 Å². The van der Waals surface area contributed by atoms with Gasteiger partial charge in [-0.15, -0.1) is 0 Å². The van der Waals surface area contributed by atoms with Gasteiger partial charge in [-0.3, -0.25) is 9.48 Å². The standard InChI is InChI=1S/C22H30FN5O2/c1-15-20(16(2)27(3)26-15)9-10-21(29)28-11-5-6-17(14-28)13-24-22(30)25-19-8-4-7-18(23)12-19/h4,7-8,12,17H,5-6,9-11,13-14H2,1-3H3,(H2,24,25,30). The minimum Gasteiger partial charge on any atom is -0.342 e. The van der Waals surface area contributed by atoms with E-state index in [1.807, 2.05) is 30.5 Å². The molecule has 2 N–H and O–H groups in total. The Morgan fingerprint density at radius 1 is 1.30 bits per heavy atom. The summed E-state index contributed by atoms with van der Waals surface area (Å²) in [7, 11) is 1.92. The summed E-state index contributed by atoms with van der Waals surface area (Å²) in [6, 6.07) is 5.41. The van der Waals surface area contributed by atoms with Crippen LogP contribution in [0.15, 0.2) is 24.3 Å². The third kappa shape index (κ3) is 5.58. The first-order valence-corrected chi connectivity index (χ1v) is 10.4. The molecule has 1 atom stereocenters. The minimum absolute atomic E-state index is 0.145. The van der Waals surface area contributed by atoms with Gasteiger partial charge in [-0.2, -0.15) is 5.10 Å². The Morgan fingerprint density at radius 2 is 2.10 bits per heavy atom. The van der Waals surface area contributed by atoms with E-state index in [-0.39, 0.29) is 17.9 Å². The molecule has 1 fully saturated rings. The van der Waals surface area contributed by atoms with Crippen molar-refractivity contribution in [2.45, 2.75) is 39.5 Å². The van der Waals surface area contributed by atoms with Crippen molar-refractivity contribution in [1.29, 1.82) is 0 Å². The smallest absolute Gasteiger partial charge is 0.319 e. The number of likely N-dealkylation sites (tertiary alicyclic amines) is 1. The van der Waals surface area contributed by atoms with Gasteiger partial charge in [0.1, 0.15) is 5.82 Å². The van der Waals surface area contributed by atoms with Crippen LogP contribution in [0, 0.1) is 25.6 Å². The molecule has 1 unspecified atom stereocenters. The number of carbonyl (C=O) groups is 2. The van der Waals surface area contributed by atoms with E-state index in [0.717, 1.165) is 36.3 Å². The van der Waals surface area contributed by atoms with Gasteiger partial charge in [0, 0.05) is 44.5 Å². The minimum atomic E-state index is -0.397. The van der Waals surface area contributed by atoms with Gasteiger partial charge in [0.2, 0.25) is 5.91 Å². The Bertz CT molecular complexity index is 911. The SMILES string of the molecule is Cc1nn(C)c(C)c1CCC(=O)N1CCCC(CNC(=O)Nc2cccc(F)c2)C1. The number of aromatic nitrogens is 2. The van der Waals surface area contributed by atoms with E-state index in [2.05, 4.69) is 15.7 Å². The molecular weight excluding hydrogens is 385 g/mol. The zero-order valence-corrected chi connectivity index (χ0v) is 17.9. The summed E-state index contributed by atoms with van der Waals surface area (Å²) in [5, 5.41) is 9.88. The van der Waals surface area contributed by atoms with Crippen LogP contribution >= 0.6 is 0 Å². The van der Waals surface area contributed by atoms with Gasteiger partial charge in [-0.1, -0.05) is 6.07 Å². The van der Waals surface area contributed by atoms with Gasteiger partial charge in [-0.25, -0.2) is 9.18 Å². The van der Waals surface area contributed by atoms with Crippen molar-refractivity contribution in [3.05, 3.63) is 47.0 Å². The third-order valence-electron chi connectivity index (χ3n) is 5.75. The van der Waals surface area contributed by atoms with Gasteiger partial charge < -0.3 is 15.5 Å². The van der Waals surface area contributed by atoms with E-state index in [4.69, 9.17) is 0 Å². The van der Waals surface area contributed by atoms with E-state index in [1.165, 1.54) is 12.1 Å². The summed E-state index contributed by atoms with van der Waals surface area (Å²) in [6.07, 6.45) is 3.05. The molecule has 7 nitrogen and oxygen atoms in total. The highest BCUT2D eigenvalue weighted by molar-refractivity contribution is 5.89. The number of piperidine rings is 1. The molecule has 162 valence electrons. The molecule has 30 heavy (non-hydrogen) atoms. The summed E-state index contributed by atoms with van der Waals surface area (Å²) in [4.78, 5) is 26.7. The molecule has 2 aromatic rings. The molecule has 0 radical (unpaired) electrons. The fourth-order valence-corrected chi connectivity index (χ4v) is 4.01. The molecule has 1 saturated heterocycles. The molecule has 8 heteroatoms. The molecule has 1 aliphatic heterocycles. The predicted octanol–water partition coefficient (Wildman–Crippen LogP) is 3.17. The first-order valence-electron chi connectivity index (χ1n) is 10.4. The first-order chi connectivity index (χ1) is 14.3. The van der Waals surface area contributed by atoms with Crippen LogP contribution in [0.1, 0.15) is 36.2 Å². The molecule has 1 aliphatic rings. The van der Waals surface area contributed by atoms with E-state index in [1.54, 1.807) is 12.1 Å². The second kappa shape index (κ2) is 9.73. The van der Waals surface area contributed by atoms with Crippen molar-refractivity contribution in [3.8, 4) is 0 Å². The lowest BCUT2D eigenvalue weighted by atomic mass is 9.97. The molecule has 3 amide bonds. The lowest BCUT2D eigenvalue weighted by Gasteiger charge is -2.33. The van der Waals surface area contributed by atoms with Gasteiger partial charge in [-0.05, 0) is 62.8 Å². The largest absolute Gasteiger partial charge is 0.342 e. The number of urea groups is 1. The molecule has 0 spiro atoms. The van der Waals surface area contributed by atoms with Crippen LogP contribution in [0.2, 0.25) is 0 Å². The second-order valence-corrected chi connectivity index (χ2v) is 7.97.